The average Bonchev–Trinajstić information content (AvgIpc) is 2.41. The van der Waals surface area contributed by atoms with Crippen molar-refractivity contribution in [2.45, 2.75) is 51.0 Å². The van der Waals surface area contributed by atoms with Crippen LogP contribution in [0.25, 0.3) is 0 Å². The standard InChI is InChI=1S/C18H30N2/c19-17-3-1-5-20(12-17)6-2-4-18-15-8-13-7-14(10-15)11-16(18)9-13/h2,4,13-18H,1,3,5-12,19H2/b4-2+. The number of piperidine rings is 1. The molecular weight excluding hydrogens is 244 g/mol. The number of likely N-dealkylation sites (tertiary alicyclic amines) is 1. The van der Waals surface area contributed by atoms with Gasteiger partial charge in [-0.25, -0.2) is 0 Å². The molecule has 5 aliphatic rings. The van der Waals surface area contributed by atoms with E-state index in [1.54, 1.807) is 6.42 Å². The van der Waals surface area contributed by atoms with Crippen molar-refractivity contribution in [2.24, 2.45) is 35.3 Å². The van der Waals surface area contributed by atoms with E-state index in [-0.39, 0.29) is 0 Å². The molecule has 4 bridgehead atoms. The Morgan fingerprint density at radius 2 is 1.70 bits per heavy atom. The fourth-order valence-electron chi connectivity index (χ4n) is 5.91. The zero-order chi connectivity index (χ0) is 13.5. The predicted octanol–water partition coefficient (Wildman–Crippen LogP) is 3.04. The summed E-state index contributed by atoms with van der Waals surface area (Å²) in [6.07, 6.45) is 15.3. The third-order valence-electron chi connectivity index (χ3n) is 6.56. The Kier molecular flexibility index (Phi) is 3.64. The SMILES string of the molecule is NC1CCCN(C/C=C/C2C3CC4CC(C3)CC2C4)C1. The molecule has 4 aliphatic carbocycles. The van der Waals surface area contributed by atoms with Crippen molar-refractivity contribution in [1.82, 2.24) is 4.90 Å². The van der Waals surface area contributed by atoms with Gasteiger partial charge in [-0.05, 0) is 81.1 Å². The van der Waals surface area contributed by atoms with Gasteiger partial charge in [0.05, 0.1) is 0 Å². The second kappa shape index (κ2) is 5.46. The Labute approximate surface area is 123 Å². The molecule has 0 aromatic carbocycles. The molecule has 112 valence electrons. The molecule has 0 aromatic heterocycles. The van der Waals surface area contributed by atoms with Crippen LogP contribution in [0.2, 0.25) is 0 Å². The molecule has 0 aromatic rings. The fourth-order valence-corrected chi connectivity index (χ4v) is 5.91. The molecule has 1 unspecified atom stereocenters. The third-order valence-corrected chi connectivity index (χ3v) is 6.56. The van der Waals surface area contributed by atoms with Gasteiger partial charge in [-0.2, -0.15) is 0 Å². The van der Waals surface area contributed by atoms with Gasteiger partial charge in [0, 0.05) is 19.1 Å². The van der Waals surface area contributed by atoms with Gasteiger partial charge in [0.2, 0.25) is 0 Å². The summed E-state index contributed by atoms with van der Waals surface area (Å²) in [5.74, 6) is 5.18. The van der Waals surface area contributed by atoms with E-state index in [0.29, 0.717) is 6.04 Å². The highest BCUT2D eigenvalue weighted by Gasteiger charge is 2.46. The lowest BCUT2D eigenvalue weighted by atomic mass is 9.52. The molecule has 0 radical (unpaired) electrons. The van der Waals surface area contributed by atoms with Crippen LogP contribution in [-0.4, -0.2) is 30.6 Å². The Hall–Kier alpha value is -0.340. The molecule has 20 heavy (non-hydrogen) atoms. The number of hydrogen-bond acceptors (Lipinski definition) is 2. The molecule has 2 N–H and O–H groups in total. The van der Waals surface area contributed by atoms with E-state index in [9.17, 15) is 0 Å². The molecule has 1 atom stereocenters. The smallest absolute Gasteiger partial charge is 0.0168 e. The van der Waals surface area contributed by atoms with Crippen LogP contribution in [0.3, 0.4) is 0 Å². The molecule has 5 rings (SSSR count). The van der Waals surface area contributed by atoms with E-state index in [2.05, 4.69) is 17.1 Å². The van der Waals surface area contributed by atoms with Crippen molar-refractivity contribution < 1.29 is 0 Å². The molecule has 1 heterocycles. The first-order chi connectivity index (χ1) is 9.78. The van der Waals surface area contributed by atoms with Crippen LogP contribution in [-0.2, 0) is 0 Å². The fraction of sp³-hybridized carbons (Fsp3) is 0.889. The van der Waals surface area contributed by atoms with Gasteiger partial charge in [0.15, 0.2) is 0 Å². The molecule has 1 aliphatic heterocycles. The number of allylic oxidation sites excluding steroid dienone is 1. The van der Waals surface area contributed by atoms with Gasteiger partial charge >= 0.3 is 0 Å². The zero-order valence-corrected chi connectivity index (χ0v) is 12.7. The molecule has 2 heteroatoms. The summed E-state index contributed by atoms with van der Waals surface area (Å²) in [5, 5.41) is 0. The van der Waals surface area contributed by atoms with Crippen molar-refractivity contribution in [3.63, 3.8) is 0 Å². The van der Waals surface area contributed by atoms with E-state index < -0.39 is 0 Å². The van der Waals surface area contributed by atoms with Crippen LogP contribution in [0.15, 0.2) is 12.2 Å². The van der Waals surface area contributed by atoms with E-state index >= 15 is 0 Å². The van der Waals surface area contributed by atoms with E-state index in [0.717, 1.165) is 42.7 Å². The molecule has 2 nitrogen and oxygen atoms in total. The molecular formula is C18H30N2. The van der Waals surface area contributed by atoms with E-state index in [4.69, 9.17) is 5.73 Å². The average molecular weight is 274 g/mol. The molecule has 5 fully saturated rings. The summed E-state index contributed by atoms with van der Waals surface area (Å²) in [7, 11) is 0. The van der Waals surface area contributed by atoms with E-state index in [1.807, 2.05) is 0 Å². The summed E-state index contributed by atoms with van der Waals surface area (Å²) in [4.78, 5) is 2.54. The van der Waals surface area contributed by atoms with Gasteiger partial charge in [0.25, 0.3) is 0 Å². The van der Waals surface area contributed by atoms with Crippen molar-refractivity contribution in [3.8, 4) is 0 Å². The minimum Gasteiger partial charge on any atom is -0.327 e. The molecule has 0 spiro atoms. The first-order valence-electron chi connectivity index (χ1n) is 8.92. The summed E-state index contributed by atoms with van der Waals surface area (Å²) in [5.41, 5.74) is 6.07. The van der Waals surface area contributed by atoms with Crippen LogP contribution in [0.4, 0.5) is 0 Å². The Bertz CT molecular complexity index is 348. The number of rotatable bonds is 3. The van der Waals surface area contributed by atoms with Crippen LogP contribution in [0.1, 0.15) is 44.9 Å². The highest BCUT2D eigenvalue weighted by molar-refractivity contribution is 5.06. The summed E-state index contributed by atoms with van der Waals surface area (Å²) >= 11 is 0. The summed E-state index contributed by atoms with van der Waals surface area (Å²) < 4.78 is 0. The number of nitrogens with zero attached hydrogens (tertiary/aromatic N) is 1. The number of hydrogen-bond donors (Lipinski definition) is 1. The highest BCUT2D eigenvalue weighted by atomic mass is 15.1. The first kappa shape index (κ1) is 13.3. The maximum Gasteiger partial charge on any atom is 0.0168 e. The van der Waals surface area contributed by atoms with Crippen molar-refractivity contribution in [2.75, 3.05) is 19.6 Å². The minimum absolute atomic E-state index is 0.415. The van der Waals surface area contributed by atoms with E-state index in [1.165, 1.54) is 45.1 Å². The highest BCUT2D eigenvalue weighted by Crippen LogP contribution is 2.56. The maximum absolute atomic E-state index is 6.07. The van der Waals surface area contributed by atoms with Crippen LogP contribution in [0, 0.1) is 29.6 Å². The van der Waals surface area contributed by atoms with Crippen molar-refractivity contribution in [1.29, 1.82) is 0 Å². The van der Waals surface area contributed by atoms with Crippen molar-refractivity contribution >= 4 is 0 Å². The summed E-state index contributed by atoms with van der Waals surface area (Å²) in [6, 6.07) is 0.415. The van der Waals surface area contributed by atoms with Gasteiger partial charge in [-0.3, -0.25) is 4.90 Å². The van der Waals surface area contributed by atoms with Crippen LogP contribution in [0.5, 0.6) is 0 Å². The van der Waals surface area contributed by atoms with Gasteiger partial charge < -0.3 is 5.73 Å². The first-order valence-corrected chi connectivity index (χ1v) is 8.92. The second-order valence-corrected chi connectivity index (χ2v) is 8.10. The lowest BCUT2D eigenvalue weighted by Crippen LogP contribution is -2.44. The lowest BCUT2D eigenvalue weighted by molar-refractivity contribution is -0.0163. The Balaban J connectivity index is 1.33. The largest absolute Gasteiger partial charge is 0.327 e. The van der Waals surface area contributed by atoms with Gasteiger partial charge in [0.1, 0.15) is 0 Å². The van der Waals surface area contributed by atoms with Gasteiger partial charge in [-0.1, -0.05) is 12.2 Å². The normalized spacial score (nSPS) is 48.2. The lowest BCUT2D eigenvalue weighted by Gasteiger charge is -2.53. The predicted molar refractivity (Wildman–Crippen MR) is 83.3 cm³/mol. The Morgan fingerprint density at radius 1 is 1.00 bits per heavy atom. The molecule has 4 saturated carbocycles. The molecule has 0 amide bonds. The van der Waals surface area contributed by atoms with Crippen LogP contribution >= 0.6 is 0 Å². The zero-order valence-electron chi connectivity index (χ0n) is 12.7. The number of nitrogens with two attached hydrogens (primary N) is 1. The Morgan fingerprint density at radius 3 is 2.35 bits per heavy atom. The summed E-state index contributed by atoms with van der Waals surface area (Å²) in [6.45, 7) is 3.49. The van der Waals surface area contributed by atoms with Crippen molar-refractivity contribution in [3.05, 3.63) is 12.2 Å². The van der Waals surface area contributed by atoms with Gasteiger partial charge in [-0.15, -0.1) is 0 Å². The quantitative estimate of drug-likeness (QED) is 0.802. The monoisotopic (exact) mass is 274 g/mol. The van der Waals surface area contributed by atoms with Crippen LogP contribution < -0.4 is 5.73 Å². The minimum atomic E-state index is 0.415. The second-order valence-electron chi connectivity index (χ2n) is 8.10. The topological polar surface area (TPSA) is 29.3 Å². The third kappa shape index (κ3) is 2.57. The maximum atomic E-state index is 6.07. The molecule has 1 saturated heterocycles.